The van der Waals surface area contributed by atoms with Crippen LogP contribution in [0.1, 0.15) is 11.1 Å². The highest BCUT2D eigenvalue weighted by Gasteiger charge is 2.03. The molecule has 0 fully saturated rings. The average Bonchev–Trinajstić information content (AvgIpc) is 2.28. The van der Waals surface area contributed by atoms with Gasteiger partial charge in [-0.2, -0.15) is 0 Å². The first-order valence-corrected chi connectivity index (χ1v) is 6.60. The monoisotopic (exact) mass is 307 g/mol. The quantitative estimate of drug-likeness (QED) is 0.817. The van der Waals surface area contributed by atoms with Crippen LogP contribution in [0.5, 0.6) is 0 Å². The van der Waals surface area contributed by atoms with E-state index < -0.39 is 0 Å². The fraction of sp³-hybridized carbons (Fsp3) is 0.200. The Kier molecular flexibility index (Phi) is 4.50. The van der Waals surface area contributed by atoms with Gasteiger partial charge >= 0.3 is 0 Å². The van der Waals surface area contributed by atoms with Gasteiger partial charge in [-0.05, 0) is 42.4 Å². The Morgan fingerprint density at radius 2 is 1.61 bits per heavy atom. The summed E-state index contributed by atoms with van der Waals surface area (Å²) in [5.74, 6) is -0.177. The second kappa shape index (κ2) is 6.12. The third kappa shape index (κ3) is 3.93. The van der Waals surface area contributed by atoms with Crippen LogP contribution in [0.25, 0.3) is 0 Å². The Balaban J connectivity index is 1.98. The Labute approximate surface area is 115 Å². The van der Waals surface area contributed by atoms with Crippen molar-refractivity contribution >= 4 is 15.9 Å². The number of halogens is 2. The van der Waals surface area contributed by atoms with Gasteiger partial charge in [0.25, 0.3) is 0 Å². The van der Waals surface area contributed by atoms with Crippen molar-refractivity contribution in [1.82, 2.24) is 4.90 Å². The molecule has 3 heteroatoms. The van der Waals surface area contributed by atoms with Gasteiger partial charge in [-0.3, -0.25) is 4.90 Å². The van der Waals surface area contributed by atoms with Gasteiger partial charge in [-0.25, -0.2) is 4.39 Å². The molecule has 0 aliphatic rings. The molecular formula is C15H15BrFN. The summed E-state index contributed by atoms with van der Waals surface area (Å²) in [5, 5.41) is 0. The Bertz CT molecular complexity index is 480. The molecule has 0 radical (unpaired) electrons. The van der Waals surface area contributed by atoms with Crippen molar-refractivity contribution in [2.45, 2.75) is 13.1 Å². The van der Waals surface area contributed by atoms with Crippen molar-refractivity contribution in [3.63, 3.8) is 0 Å². The van der Waals surface area contributed by atoms with Gasteiger partial charge in [0.05, 0.1) is 0 Å². The molecule has 0 atom stereocenters. The number of nitrogens with zero attached hydrogens (tertiary/aromatic N) is 1. The van der Waals surface area contributed by atoms with Crippen LogP contribution < -0.4 is 0 Å². The van der Waals surface area contributed by atoms with E-state index in [0.29, 0.717) is 0 Å². The molecule has 0 unspecified atom stereocenters. The second-order valence-electron chi connectivity index (χ2n) is 4.43. The van der Waals surface area contributed by atoms with Gasteiger partial charge in [0, 0.05) is 17.6 Å². The zero-order valence-electron chi connectivity index (χ0n) is 10.2. The minimum atomic E-state index is -0.177. The maximum atomic E-state index is 13.1. The standard InChI is InChI=1S/C15H15BrFN/c1-18(10-12-4-2-6-14(16)8-12)11-13-5-3-7-15(17)9-13/h2-9H,10-11H2,1H3. The highest BCUT2D eigenvalue weighted by Crippen LogP contribution is 2.14. The summed E-state index contributed by atoms with van der Waals surface area (Å²) in [6, 6.07) is 15.0. The van der Waals surface area contributed by atoms with E-state index in [2.05, 4.69) is 33.0 Å². The summed E-state index contributed by atoms with van der Waals surface area (Å²) in [6.45, 7) is 1.58. The summed E-state index contributed by atoms with van der Waals surface area (Å²) in [7, 11) is 2.03. The normalized spacial score (nSPS) is 10.9. The predicted molar refractivity (Wildman–Crippen MR) is 75.7 cm³/mol. The number of rotatable bonds is 4. The predicted octanol–water partition coefficient (Wildman–Crippen LogP) is 4.22. The Morgan fingerprint density at radius 3 is 2.22 bits per heavy atom. The summed E-state index contributed by atoms with van der Waals surface area (Å²) in [5.41, 5.74) is 2.23. The second-order valence-corrected chi connectivity index (χ2v) is 5.35. The number of hydrogen-bond acceptors (Lipinski definition) is 1. The van der Waals surface area contributed by atoms with E-state index in [1.54, 1.807) is 12.1 Å². The molecule has 0 aromatic heterocycles. The van der Waals surface area contributed by atoms with Crippen LogP contribution in [0.4, 0.5) is 4.39 Å². The summed E-state index contributed by atoms with van der Waals surface area (Å²) >= 11 is 3.46. The van der Waals surface area contributed by atoms with Crippen LogP contribution in [-0.2, 0) is 13.1 Å². The van der Waals surface area contributed by atoms with Crippen LogP contribution >= 0.6 is 15.9 Å². The lowest BCUT2D eigenvalue weighted by molar-refractivity contribution is 0.318. The summed E-state index contributed by atoms with van der Waals surface area (Å²) in [4.78, 5) is 2.16. The molecule has 0 aliphatic heterocycles. The number of benzene rings is 2. The molecule has 94 valence electrons. The molecule has 0 saturated carbocycles. The maximum Gasteiger partial charge on any atom is 0.123 e. The van der Waals surface area contributed by atoms with E-state index in [9.17, 15) is 4.39 Å². The molecule has 0 N–H and O–H groups in total. The average molecular weight is 308 g/mol. The van der Waals surface area contributed by atoms with Crippen LogP contribution in [0.3, 0.4) is 0 Å². The van der Waals surface area contributed by atoms with Crippen LogP contribution in [0.15, 0.2) is 53.0 Å². The van der Waals surface area contributed by atoms with E-state index in [1.165, 1.54) is 11.6 Å². The van der Waals surface area contributed by atoms with Crippen molar-refractivity contribution in [2.24, 2.45) is 0 Å². The van der Waals surface area contributed by atoms with Crippen molar-refractivity contribution in [1.29, 1.82) is 0 Å². The van der Waals surface area contributed by atoms with Crippen LogP contribution in [-0.4, -0.2) is 11.9 Å². The minimum absolute atomic E-state index is 0.177. The van der Waals surface area contributed by atoms with Crippen molar-refractivity contribution in [3.8, 4) is 0 Å². The minimum Gasteiger partial charge on any atom is -0.298 e. The lowest BCUT2D eigenvalue weighted by Gasteiger charge is -2.17. The molecule has 2 rings (SSSR count). The molecule has 0 bridgehead atoms. The van der Waals surface area contributed by atoms with Gasteiger partial charge in [0.1, 0.15) is 5.82 Å². The SMILES string of the molecule is CN(Cc1cccc(F)c1)Cc1cccc(Br)c1. The highest BCUT2D eigenvalue weighted by atomic mass is 79.9. The van der Waals surface area contributed by atoms with E-state index in [0.717, 1.165) is 23.1 Å². The Morgan fingerprint density at radius 1 is 1.00 bits per heavy atom. The molecule has 0 aliphatic carbocycles. The molecule has 0 spiro atoms. The van der Waals surface area contributed by atoms with E-state index >= 15 is 0 Å². The topological polar surface area (TPSA) is 3.24 Å². The lowest BCUT2D eigenvalue weighted by atomic mass is 10.2. The first-order valence-electron chi connectivity index (χ1n) is 5.81. The van der Waals surface area contributed by atoms with Crippen molar-refractivity contribution < 1.29 is 4.39 Å². The molecule has 0 heterocycles. The molecule has 0 saturated heterocycles. The van der Waals surface area contributed by atoms with Crippen molar-refractivity contribution in [3.05, 3.63) is 69.9 Å². The van der Waals surface area contributed by atoms with Crippen molar-refractivity contribution in [2.75, 3.05) is 7.05 Å². The smallest absolute Gasteiger partial charge is 0.123 e. The fourth-order valence-corrected chi connectivity index (χ4v) is 2.40. The van der Waals surface area contributed by atoms with Crippen LogP contribution in [0.2, 0.25) is 0 Å². The third-order valence-electron chi connectivity index (χ3n) is 2.68. The molecule has 1 nitrogen and oxygen atoms in total. The van der Waals surface area contributed by atoms with Gasteiger partial charge < -0.3 is 0 Å². The molecule has 18 heavy (non-hydrogen) atoms. The van der Waals surface area contributed by atoms with Crippen LogP contribution in [0, 0.1) is 5.82 Å². The zero-order valence-corrected chi connectivity index (χ0v) is 11.8. The zero-order chi connectivity index (χ0) is 13.0. The lowest BCUT2D eigenvalue weighted by Crippen LogP contribution is -2.17. The highest BCUT2D eigenvalue weighted by molar-refractivity contribution is 9.10. The first kappa shape index (κ1) is 13.2. The van der Waals surface area contributed by atoms with E-state index in [4.69, 9.17) is 0 Å². The molecule has 2 aromatic carbocycles. The third-order valence-corrected chi connectivity index (χ3v) is 3.18. The first-order chi connectivity index (χ1) is 8.63. The van der Waals surface area contributed by atoms with Gasteiger partial charge in [-0.15, -0.1) is 0 Å². The summed E-state index contributed by atoms with van der Waals surface area (Å²) < 4.78 is 14.2. The summed E-state index contributed by atoms with van der Waals surface area (Å²) in [6.07, 6.45) is 0. The van der Waals surface area contributed by atoms with Gasteiger partial charge in [0.15, 0.2) is 0 Å². The number of hydrogen-bond donors (Lipinski definition) is 0. The van der Waals surface area contributed by atoms with E-state index in [-0.39, 0.29) is 5.82 Å². The fourth-order valence-electron chi connectivity index (χ4n) is 1.95. The molecule has 2 aromatic rings. The van der Waals surface area contributed by atoms with E-state index in [1.807, 2.05) is 25.2 Å². The van der Waals surface area contributed by atoms with Gasteiger partial charge in [0.2, 0.25) is 0 Å². The van der Waals surface area contributed by atoms with Gasteiger partial charge in [-0.1, -0.05) is 40.2 Å². The molecular weight excluding hydrogens is 293 g/mol. The Hall–Kier alpha value is -1.19. The maximum absolute atomic E-state index is 13.1. The molecule has 0 amide bonds. The largest absolute Gasteiger partial charge is 0.298 e.